The third-order valence-corrected chi connectivity index (χ3v) is 2.34. The van der Waals surface area contributed by atoms with Crippen LogP contribution < -0.4 is 0 Å². The second kappa shape index (κ2) is 2.80. The second-order valence-corrected chi connectivity index (χ2v) is 3.09. The van der Waals surface area contributed by atoms with Crippen molar-refractivity contribution in [2.24, 2.45) is 0 Å². The maximum atomic E-state index is 4.36. The van der Waals surface area contributed by atoms with Crippen LogP contribution in [0.2, 0.25) is 0 Å². The summed E-state index contributed by atoms with van der Waals surface area (Å²) in [5, 5.41) is 4.11. The molecule has 0 atom stereocenters. The van der Waals surface area contributed by atoms with Crippen molar-refractivity contribution < 1.29 is 0 Å². The summed E-state index contributed by atoms with van der Waals surface area (Å²) in [4.78, 5) is 8.41. The minimum atomic E-state index is 0.687. The van der Waals surface area contributed by atoms with Gasteiger partial charge in [-0.2, -0.15) is 10.1 Å². The number of nitrogens with zero attached hydrogens (tertiary/aromatic N) is 4. The van der Waals surface area contributed by atoms with E-state index >= 15 is 0 Å². The number of hydrogen-bond acceptors (Lipinski definition) is 3. The molecule has 0 bridgehead atoms. The van der Waals surface area contributed by atoms with Crippen LogP contribution in [0.25, 0.3) is 5.78 Å². The van der Waals surface area contributed by atoms with Gasteiger partial charge in [0.15, 0.2) is 0 Å². The van der Waals surface area contributed by atoms with Crippen molar-refractivity contribution in [3.63, 3.8) is 0 Å². The first-order chi connectivity index (χ1) is 6.24. The van der Waals surface area contributed by atoms with Crippen molar-refractivity contribution in [2.45, 2.75) is 27.2 Å². The summed E-state index contributed by atoms with van der Waals surface area (Å²) in [5.41, 5.74) is 3.46. The van der Waals surface area contributed by atoms with E-state index in [0.717, 1.165) is 17.8 Å². The van der Waals surface area contributed by atoms with E-state index in [1.807, 2.05) is 6.92 Å². The van der Waals surface area contributed by atoms with Crippen LogP contribution in [0.4, 0.5) is 0 Å². The van der Waals surface area contributed by atoms with E-state index in [-0.39, 0.29) is 0 Å². The van der Waals surface area contributed by atoms with Gasteiger partial charge in [-0.1, -0.05) is 6.92 Å². The smallest absolute Gasteiger partial charge is 0.216 e. The van der Waals surface area contributed by atoms with Crippen molar-refractivity contribution in [3.8, 4) is 0 Å². The quantitative estimate of drug-likeness (QED) is 0.657. The van der Waals surface area contributed by atoms with Crippen LogP contribution in [0.3, 0.4) is 0 Å². The second-order valence-electron chi connectivity index (χ2n) is 3.09. The molecule has 0 aliphatic rings. The van der Waals surface area contributed by atoms with Crippen LogP contribution in [0.15, 0.2) is 6.33 Å². The maximum absolute atomic E-state index is 4.36. The van der Waals surface area contributed by atoms with Crippen LogP contribution in [-0.4, -0.2) is 19.6 Å². The number of aromatic nitrogens is 4. The molecular weight excluding hydrogens is 164 g/mol. The predicted molar refractivity (Wildman–Crippen MR) is 49.6 cm³/mol. The molecule has 0 radical (unpaired) electrons. The monoisotopic (exact) mass is 176 g/mol. The van der Waals surface area contributed by atoms with Gasteiger partial charge in [0.05, 0.1) is 0 Å². The molecule has 0 aliphatic heterocycles. The summed E-state index contributed by atoms with van der Waals surface area (Å²) >= 11 is 0. The minimum Gasteiger partial charge on any atom is -0.216 e. The van der Waals surface area contributed by atoms with Crippen molar-refractivity contribution in [1.29, 1.82) is 0 Å². The first-order valence-corrected chi connectivity index (χ1v) is 4.40. The van der Waals surface area contributed by atoms with Crippen molar-refractivity contribution in [2.75, 3.05) is 0 Å². The minimum absolute atomic E-state index is 0.687. The summed E-state index contributed by atoms with van der Waals surface area (Å²) in [6, 6.07) is 0. The lowest BCUT2D eigenvalue weighted by atomic mass is 10.1. The molecule has 4 nitrogen and oxygen atoms in total. The van der Waals surface area contributed by atoms with Gasteiger partial charge in [0.2, 0.25) is 0 Å². The normalized spacial score (nSPS) is 11.0. The molecule has 0 aromatic carbocycles. The van der Waals surface area contributed by atoms with Crippen molar-refractivity contribution >= 4 is 5.78 Å². The summed E-state index contributed by atoms with van der Waals surface area (Å²) < 4.78 is 1.78. The Hall–Kier alpha value is -1.45. The highest BCUT2D eigenvalue weighted by Crippen LogP contribution is 2.12. The Kier molecular flexibility index (Phi) is 1.76. The fourth-order valence-electron chi connectivity index (χ4n) is 1.67. The lowest BCUT2D eigenvalue weighted by molar-refractivity contribution is 0.849. The topological polar surface area (TPSA) is 43.1 Å². The van der Waals surface area contributed by atoms with Gasteiger partial charge in [0.1, 0.15) is 6.33 Å². The van der Waals surface area contributed by atoms with Crippen LogP contribution in [0.5, 0.6) is 0 Å². The standard InChI is InChI=1S/C9H12N4/c1-4-8-6(2)12-9-10-5-11-13(9)7(8)3/h5H,4H2,1-3H3. The molecule has 2 aromatic heterocycles. The molecule has 0 fully saturated rings. The zero-order valence-electron chi connectivity index (χ0n) is 8.07. The first kappa shape index (κ1) is 8.16. The van der Waals surface area contributed by atoms with E-state index in [0.29, 0.717) is 5.78 Å². The Labute approximate surface area is 76.6 Å². The molecule has 13 heavy (non-hydrogen) atoms. The highest BCUT2D eigenvalue weighted by atomic mass is 15.3. The van der Waals surface area contributed by atoms with Gasteiger partial charge in [-0.15, -0.1) is 0 Å². The highest BCUT2D eigenvalue weighted by molar-refractivity contribution is 5.35. The molecule has 2 rings (SSSR count). The molecule has 4 heteroatoms. The van der Waals surface area contributed by atoms with Gasteiger partial charge in [-0.25, -0.2) is 9.50 Å². The van der Waals surface area contributed by atoms with Gasteiger partial charge in [-0.05, 0) is 25.8 Å². The first-order valence-electron chi connectivity index (χ1n) is 4.40. The van der Waals surface area contributed by atoms with Crippen LogP contribution >= 0.6 is 0 Å². The largest absolute Gasteiger partial charge is 0.252 e. The third-order valence-electron chi connectivity index (χ3n) is 2.34. The van der Waals surface area contributed by atoms with Gasteiger partial charge in [0, 0.05) is 11.4 Å². The van der Waals surface area contributed by atoms with E-state index in [1.54, 1.807) is 4.52 Å². The summed E-state index contributed by atoms with van der Waals surface area (Å²) in [7, 11) is 0. The van der Waals surface area contributed by atoms with Crippen molar-refractivity contribution in [3.05, 3.63) is 23.3 Å². The Balaban J connectivity index is 2.85. The van der Waals surface area contributed by atoms with E-state index in [4.69, 9.17) is 0 Å². The molecule has 0 aliphatic carbocycles. The van der Waals surface area contributed by atoms with Crippen molar-refractivity contribution in [1.82, 2.24) is 19.6 Å². The summed E-state index contributed by atoms with van der Waals surface area (Å²) in [6.45, 7) is 6.19. The number of aryl methyl sites for hydroxylation is 2. The third kappa shape index (κ3) is 1.09. The molecule has 0 amide bonds. The maximum Gasteiger partial charge on any atom is 0.252 e. The molecule has 0 N–H and O–H groups in total. The number of hydrogen-bond donors (Lipinski definition) is 0. The number of rotatable bonds is 1. The van der Waals surface area contributed by atoms with Crippen LogP contribution in [0, 0.1) is 13.8 Å². The van der Waals surface area contributed by atoms with Crippen LogP contribution in [-0.2, 0) is 6.42 Å². The van der Waals surface area contributed by atoms with Crippen LogP contribution in [0.1, 0.15) is 23.9 Å². The Bertz CT molecular complexity index is 444. The van der Waals surface area contributed by atoms with E-state index in [1.165, 1.54) is 11.9 Å². The van der Waals surface area contributed by atoms with Gasteiger partial charge in [0.25, 0.3) is 5.78 Å². The Morgan fingerprint density at radius 3 is 2.85 bits per heavy atom. The molecule has 0 spiro atoms. The lowest BCUT2D eigenvalue weighted by Gasteiger charge is -2.07. The van der Waals surface area contributed by atoms with Gasteiger partial charge in [-0.3, -0.25) is 0 Å². The molecular formula is C9H12N4. The molecule has 2 aromatic rings. The van der Waals surface area contributed by atoms with E-state index < -0.39 is 0 Å². The lowest BCUT2D eigenvalue weighted by Crippen LogP contribution is -2.04. The average Bonchev–Trinajstić information content (AvgIpc) is 2.53. The molecule has 68 valence electrons. The predicted octanol–water partition coefficient (Wildman–Crippen LogP) is 1.30. The SMILES string of the molecule is CCc1c(C)nc2ncnn2c1C. The summed E-state index contributed by atoms with van der Waals surface area (Å²) in [6.07, 6.45) is 2.52. The van der Waals surface area contributed by atoms with E-state index in [9.17, 15) is 0 Å². The summed E-state index contributed by atoms with van der Waals surface area (Å²) in [5.74, 6) is 0.687. The Morgan fingerprint density at radius 2 is 2.15 bits per heavy atom. The molecule has 0 saturated heterocycles. The zero-order chi connectivity index (χ0) is 9.42. The number of fused-ring (bicyclic) bond motifs is 1. The zero-order valence-corrected chi connectivity index (χ0v) is 8.07. The molecule has 2 heterocycles. The fourth-order valence-corrected chi connectivity index (χ4v) is 1.67. The fraction of sp³-hybridized carbons (Fsp3) is 0.444. The molecule has 0 saturated carbocycles. The average molecular weight is 176 g/mol. The highest BCUT2D eigenvalue weighted by Gasteiger charge is 2.07. The van der Waals surface area contributed by atoms with Gasteiger partial charge >= 0.3 is 0 Å². The molecule has 0 unspecified atom stereocenters. The Morgan fingerprint density at radius 1 is 1.38 bits per heavy atom. The van der Waals surface area contributed by atoms with E-state index in [2.05, 4.69) is 28.9 Å². The van der Waals surface area contributed by atoms with Gasteiger partial charge < -0.3 is 0 Å².